The van der Waals surface area contributed by atoms with Crippen molar-refractivity contribution in [3.63, 3.8) is 0 Å². The van der Waals surface area contributed by atoms with E-state index in [1.54, 1.807) is 23.5 Å². The molecule has 0 bridgehead atoms. The molecule has 130 valence electrons. The molecule has 5 nitrogen and oxygen atoms in total. The monoisotopic (exact) mass is 363 g/mol. The number of carbonyl (C=O) groups is 1. The van der Waals surface area contributed by atoms with E-state index in [1.807, 2.05) is 48.7 Å². The molecular formula is C20H17N3O2S. The second-order valence-electron chi connectivity index (χ2n) is 5.90. The summed E-state index contributed by atoms with van der Waals surface area (Å²) < 4.78 is 5.42. The molecule has 2 heterocycles. The molecule has 0 fully saturated rings. The number of nitrogens with zero attached hydrogens (tertiary/aromatic N) is 2. The number of nitrogens with one attached hydrogen (secondary N) is 1. The highest BCUT2D eigenvalue weighted by atomic mass is 32.1. The highest BCUT2D eigenvalue weighted by Gasteiger charge is 2.16. The van der Waals surface area contributed by atoms with Gasteiger partial charge in [0.2, 0.25) is 0 Å². The quantitative estimate of drug-likeness (QED) is 0.555. The van der Waals surface area contributed by atoms with Gasteiger partial charge >= 0.3 is 0 Å². The van der Waals surface area contributed by atoms with Crippen molar-refractivity contribution in [2.45, 2.75) is 13.3 Å². The van der Waals surface area contributed by atoms with Gasteiger partial charge in [0, 0.05) is 23.1 Å². The third kappa shape index (κ3) is 3.11. The molecule has 0 unspecified atom stereocenters. The Morgan fingerprint density at radius 3 is 2.85 bits per heavy atom. The summed E-state index contributed by atoms with van der Waals surface area (Å²) >= 11 is 1.56. The minimum atomic E-state index is -0.0934. The molecule has 0 saturated carbocycles. The number of aromatic nitrogens is 2. The second kappa shape index (κ2) is 7.09. The summed E-state index contributed by atoms with van der Waals surface area (Å²) in [7, 11) is 0. The number of benzene rings is 2. The first-order valence-electron chi connectivity index (χ1n) is 8.45. The number of hydrogen-bond acceptors (Lipinski definition) is 5. The topological polar surface area (TPSA) is 68.0 Å². The second-order valence-corrected chi connectivity index (χ2v) is 6.76. The van der Waals surface area contributed by atoms with Crippen LogP contribution in [0.1, 0.15) is 23.7 Å². The van der Waals surface area contributed by atoms with E-state index >= 15 is 0 Å². The summed E-state index contributed by atoms with van der Waals surface area (Å²) in [4.78, 5) is 16.9. The molecule has 0 saturated heterocycles. The predicted molar refractivity (Wildman–Crippen MR) is 103 cm³/mol. The zero-order valence-electron chi connectivity index (χ0n) is 14.2. The molecule has 2 aromatic heterocycles. The van der Waals surface area contributed by atoms with Gasteiger partial charge in [0.05, 0.1) is 5.39 Å². The third-order valence-corrected chi connectivity index (χ3v) is 4.93. The fourth-order valence-corrected chi connectivity index (χ4v) is 3.51. The molecule has 4 aromatic rings. The average molecular weight is 363 g/mol. The van der Waals surface area contributed by atoms with Crippen LogP contribution in [-0.4, -0.2) is 22.6 Å². The molecule has 0 radical (unpaired) electrons. The van der Waals surface area contributed by atoms with Crippen LogP contribution in [0.5, 0.6) is 0 Å². The van der Waals surface area contributed by atoms with E-state index in [0.29, 0.717) is 23.4 Å². The normalized spacial score (nSPS) is 11.0. The first-order chi connectivity index (χ1) is 12.8. The van der Waals surface area contributed by atoms with Crippen molar-refractivity contribution in [3.05, 3.63) is 59.5 Å². The Bertz CT molecular complexity index is 1050. The fourth-order valence-electron chi connectivity index (χ4n) is 2.70. The first kappa shape index (κ1) is 16.5. The maximum Gasteiger partial charge on any atom is 0.251 e. The summed E-state index contributed by atoms with van der Waals surface area (Å²) in [6.07, 6.45) is 0.896. The molecule has 1 amide bonds. The number of hydrogen-bond donors (Lipinski definition) is 1. The molecule has 0 aliphatic rings. The minimum Gasteiger partial charge on any atom is -0.356 e. The molecule has 6 heteroatoms. The Morgan fingerprint density at radius 2 is 2.04 bits per heavy atom. The van der Waals surface area contributed by atoms with Crippen molar-refractivity contribution in [2.24, 2.45) is 0 Å². The van der Waals surface area contributed by atoms with Gasteiger partial charge in [-0.05, 0) is 24.6 Å². The van der Waals surface area contributed by atoms with Crippen LogP contribution in [0.3, 0.4) is 0 Å². The van der Waals surface area contributed by atoms with Crippen LogP contribution in [0.2, 0.25) is 0 Å². The zero-order valence-corrected chi connectivity index (χ0v) is 15.0. The molecule has 1 N–H and O–H groups in total. The van der Waals surface area contributed by atoms with Gasteiger partial charge in [0.15, 0.2) is 5.58 Å². The molecule has 2 aromatic carbocycles. The lowest BCUT2D eigenvalue weighted by Crippen LogP contribution is -2.23. The van der Waals surface area contributed by atoms with E-state index < -0.39 is 0 Å². The number of rotatable bonds is 5. The van der Waals surface area contributed by atoms with E-state index in [0.717, 1.165) is 28.1 Å². The van der Waals surface area contributed by atoms with Gasteiger partial charge in [0.25, 0.3) is 5.91 Å². The number of thiazole rings is 1. The van der Waals surface area contributed by atoms with Crippen LogP contribution < -0.4 is 5.32 Å². The summed E-state index contributed by atoms with van der Waals surface area (Å²) in [5, 5.41) is 10.7. The number of fused-ring (bicyclic) bond motifs is 1. The third-order valence-electron chi connectivity index (χ3n) is 4.04. The van der Waals surface area contributed by atoms with E-state index in [2.05, 4.69) is 10.5 Å². The lowest BCUT2D eigenvalue weighted by Gasteiger charge is -2.03. The van der Waals surface area contributed by atoms with Crippen molar-refractivity contribution in [2.75, 3.05) is 6.54 Å². The molecule has 4 rings (SSSR count). The molecular weight excluding hydrogens is 346 g/mol. The van der Waals surface area contributed by atoms with Crippen molar-refractivity contribution < 1.29 is 9.32 Å². The Hall–Kier alpha value is -2.99. The summed E-state index contributed by atoms with van der Waals surface area (Å²) in [6, 6.07) is 15.4. The van der Waals surface area contributed by atoms with Gasteiger partial charge in [-0.1, -0.05) is 42.4 Å². The Kier molecular flexibility index (Phi) is 4.50. The molecule has 0 spiro atoms. The molecule has 0 atom stereocenters. The van der Waals surface area contributed by atoms with Gasteiger partial charge in [-0.2, -0.15) is 0 Å². The van der Waals surface area contributed by atoms with Crippen molar-refractivity contribution in [3.8, 4) is 22.0 Å². The average Bonchev–Trinajstić information content (AvgIpc) is 3.33. The van der Waals surface area contributed by atoms with Gasteiger partial charge < -0.3 is 9.84 Å². The van der Waals surface area contributed by atoms with Crippen LogP contribution in [0.4, 0.5) is 0 Å². The number of carbonyl (C=O) groups excluding carboxylic acids is 1. The molecule has 0 aliphatic carbocycles. The van der Waals surface area contributed by atoms with Crippen LogP contribution in [-0.2, 0) is 0 Å². The van der Waals surface area contributed by atoms with Crippen molar-refractivity contribution in [1.29, 1.82) is 0 Å². The highest BCUT2D eigenvalue weighted by molar-refractivity contribution is 7.13. The van der Waals surface area contributed by atoms with Crippen molar-refractivity contribution >= 4 is 28.2 Å². The van der Waals surface area contributed by atoms with E-state index in [9.17, 15) is 4.79 Å². The van der Waals surface area contributed by atoms with Crippen molar-refractivity contribution in [1.82, 2.24) is 15.5 Å². The summed E-state index contributed by atoms with van der Waals surface area (Å²) in [5.41, 5.74) is 3.70. The standard InChI is InChI=1S/C20H17N3O2S/c1-2-10-21-19(24)14-8-9-17-15(11-14)18(23-25-17)16-12-26-20(22-16)13-6-4-3-5-7-13/h3-9,11-12H,2,10H2,1H3,(H,21,24). The van der Waals surface area contributed by atoms with E-state index in [1.165, 1.54) is 0 Å². The summed E-state index contributed by atoms with van der Waals surface area (Å²) in [6.45, 7) is 2.67. The Balaban J connectivity index is 1.71. The predicted octanol–water partition coefficient (Wildman–Crippen LogP) is 4.76. The van der Waals surface area contributed by atoms with Gasteiger partial charge in [0.1, 0.15) is 16.4 Å². The fraction of sp³-hybridized carbons (Fsp3) is 0.150. The first-order valence-corrected chi connectivity index (χ1v) is 9.33. The Morgan fingerprint density at radius 1 is 1.19 bits per heavy atom. The maximum atomic E-state index is 12.2. The smallest absolute Gasteiger partial charge is 0.251 e. The van der Waals surface area contributed by atoms with E-state index in [4.69, 9.17) is 9.51 Å². The molecule has 0 aliphatic heterocycles. The largest absolute Gasteiger partial charge is 0.356 e. The van der Waals surface area contributed by atoms with Gasteiger partial charge in [-0.15, -0.1) is 11.3 Å². The summed E-state index contributed by atoms with van der Waals surface area (Å²) in [5.74, 6) is -0.0934. The van der Waals surface area contributed by atoms with Crippen LogP contribution in [0.25, 0.3) is 32.9 Å². The lowest BCUT2D eigenvalue weighted by molar-refractivity contribution is 0.0954. The molecule has 26 heavy (non-hydrogen) atoms. The van der Waals surface area contributed by atoms with Gasteiger partial charge in [-0.3, -0.25) is 4.79 Å². The Labute approximate surface area is 154 Å². The minimum absolute atomic E-state index is 0.0934. The lowest BCUT2D eigenvalue weighted by atomic mass is 10.1. The van der Waals surface area contributed by atoms with Crippen LogP contribution in [0.15, 0.2) is 58.4 Å². The van der Waals surface area contributed by atoms with Crippen LogP contribution in [0, 0.1) is 0 Å². The van der Waals surface area contributed by atoms with Gasteiger partial charge in [-0.25, -0.2) is 4.98 Å². The SMILES string of the molecule is CCCNC(=O)c1ccc2onc(-c3csc(-c4ccccc4)n3)c2c1. The van der Waals surface area contributed by atoms with Crippen LogP contribution >= 0.6 is 11.3 Å². The highest BCUT2D eigenvalue weighted by Crippen LogP contribution is 2.32. The zero-order chi connectivity index (χ0) is 17.9. The maximum absolute atomic E-state index is 12.2. The number of amides is 1. The van der Waals surface area contributed by atoms with E-state index in [-0.39, 0.29) is 5.91 Å².